The number of hydrogen-bond acceptors (Lipinski definition) is 8. The molecule has 0 rings (SSSR count). The van der Waals surface area contributed by atoms with Gasteiger partial charge in [-0.25, -0.2) is 4.57 Å². The third kappa shape index (κ3) is 38.0. The second-order valence-electron chi connectivity index (χ2n) is 13.8. The Hall–Kier alpha value is -1.51. The number of rotatable bonds is 39. The Balaban J connectivity index is 4.18. The van der Waals surface area contributed by atoms with Gasteiger partial charge in [0.1, 0.15) is 6.61 Å². The van der Waals surface area contributed by atoms with Crippen LogP contribution in [0.3, 0.4) is 0 Å². The summed E-state index contributed by atoms with van der Waals surface area (Å²) in [5.74, 6) is -0.835. The number of carbonyl (C=O) groups is 2. The molecule has 0 spiro atoms. The van der Waals surface area contributed by atoms with Gasteiger partial charge in [0.15, 0.2) is 6.10 Å². The average molecular weight is 744 g/mol. The molecule has 0 radical (unpaired) electrons. The van der Waals surface area contributed by atoms with Crippen molar-refractivity contribution in [2.45, 2.75) is 200 Å². The minimum Gasteiger partial charge on any atom is -0.462 e. The number of nitrogens with two attached hydrogens (primary N) is 1. The Morgan fingerprint density at radius 3 is 1.39 bits per heavy atom. The molecule has 0 fully saturated rings. The molecule has 0 heterocycles. The van der Waals surface area contributed by atoms with Crippen LogP contribution in [0.5, 0.6) is 0 Å². The Labute approximate surface area is 312 Å². The molecular formula is C41H78NO8P. The van der Waals surface area contributed by atoms with E-state index in [1.54, 1.807) is 0 Å². The average Bonchev–Trinajstić information content (AvgIpc) is 3.11. The monoisotopic (exact) mass is 744 g/mol. The highest BCUT2D eigenvalue weighted by molar-refractivity contribution is 7.47. The fourth-order valence-corrected chi connectivity index (χ4v) is 6.45. The molecule has 0 aliphatic heterocycles. The number of carbonyl (C=O) groups excluding carboxylic acids is 2. The van der Waals surface area contributed by atoms with E-state index >= 15 is 0 Å². The minimum absolute atomic E-state index is 0.0530. The molecule has 0 aromatic heterocycles. The Bertz CT molecular complexity index is 897. The molecule has 0 aliphatic carbocycles. The summed E-state index contributed by atoms with van der Waals surface area (Å²) in [7, 11) is -4.37. The molecule has 0 amide bonds. The van der Waals surface area contributed by atoms with Crippen molar-refractivity contribution < 1.29 is 37.6 Å². The van der Waals surface area contributed by atoms with Gasteiger partial charge in [-0.3, -0.25) is 18.6 Å². The summed E-state index contributed by atoms with van der Waals surface area (Å²) in [5.41, 5.74) is 5.34. The van der Waals surface area contributed by atoms with Crippen molar-refractivity contribution in [1.29, 1.82) is 0 Å². The fourth-order valence-electron chi connectivity index (χ4n) is 5.68. The van der Waals surface area contributed by atoms with E-state index in [1.165, 1.54) is 103 Å². The molecule has 0 aliphatic rings. The highest BCUT2D eigenvalue weighted by Gasteiger charge is 2.26. The molecule has 300 valence electrons. The van der Waals surface area contributed by atoms with Crippen LogP contribution in [0.25, 0.3) is 0 Å². The highest BCUT2D eigenvalue weighted by Crippen LogP contribution is 2.43. The van der Waals surface area contributed by atoms with Crippen molar-refractivity contribution in [1.82, 2.24) is 0 Å². The topological polar surface area (TPSA) is 134 Å². The normalized spacial score (nSPS) is 13.6. The zero-order valence-corrected chi connectivity index (χ0v) is 33.7. The number of allylic oxidation sites excluding steroid dienone is 4. The second-order valence-corrected chi connectivity index (χ2v) is 15.3. The number of ether oxygens (including phenoxy) is 2. The summed E-state index contributed by atoms with van der Waals surface area (Å²) in [5, 5.41) is 0. The smallest absolute Gasteiger partial charge is 0.462 e. The van der Waals surface area contributed by atoms with Crippen LogP contribution in [-0.4, -0.2) is 49.3 Å². The Morgan fingerprint density at radius 2 is 0.961 bits per heavy atom. The van der Waals surface area contributed by atoms with Crippen molar-refractivity contribution in [3.05, 3.63) is 24.3 Å². The lowest BCUT2D eigenvalue weighted by atomic mass is 10.1. The molecule has 0 saturated carbocycles. The lowest BCUT2D eigenvalue weighted by Gasteiger charge is -2.19. The van der Waals surface area contributed by atoms with E-state index in [2.05, 4.69) is 38.2 Å². The van der Waals surface area contributed by atoms with Crippen LogP contribution in [-0.2, 0) is 32.7 Å². The van der Waals surface area contributed by atoms with Crippen LogP contribution in [0.4, 0.5) is 0 Å². The molecule has 0 aromatic carbocycles. The number of phosphoric acid groups is 1. The molecule has 9 nitrogen and oxygen atoms in total. The molecular weight excluding hydrogens is 665 g/mol. The predicted molar refractivity (Wildman–Crippen MR) is 211 cm³/mol. The molecule has 1 unspecified atom stereocenters. The van der Waals surface area contributed by atoms with Gasteiger partial charge in [0.2, 0.25) is 0 Å². The van der Waals surface area contributed by atoms with Gasteiger partial charge in [0, 0.05) is 19.4 Å². The SMILES string of the molecule is CCCCCCC=CCCCCCCCCCC(=O)OC[C@H](COP(=O)(O)OCCN)OC(=O)CCCCCCCCCC=CCCCCCC. The first-order valence-electron chi connectivity index (χ1n) is 20.8. The van der Waals surface area contributed by atoms with Crippen molar-refractivity contribution >= 4 is 19.8 Å². The quantitative estimate of drug-likeness (QED) is 0.0273. The Kier molecular flexibility index (Phi) is 37.1. The largest absolute Gasteiger partial charge is 0.472 e. The molecule has 3 N–H and O–H groups in total. The Morgan fingerprint density at radius 1 is 0.569 bits per heavy atom. The first kappa shape index (κ1) is 49.5. The molecule has 51 heavy (non-hydrogen) atoms. The number of unbranched alkanes of at least 4 members (excludes halogenated alkanes) is 22. The summed E-state index contributed by atoms with van der Waals surface area (Å²) >= 11 is 0. The molecule has 10 heteroatoms. The van der Waals surface area contributed by atoms with Gasteiger partial charge in [-0.1, -0.05) is 141 Å². The van der Waals surface area contributed by atoms with Crippen LogP contribution < -0.4 is 5.73 Å². The summed E-state index contributed by atoms with van der Waals surface area (Å²) in [6.45, 7) is 3.70. The van der Waals surface area contributed by atoms with Crippen LogP contribution in [0.1, 0.15) is 194 Å². The zero-order chi connectivity index (χ0) is 37.5. The van der Waals surface area contributed by atoms with E-state index in [-0.39, 0.29) is 38.6 Å². The van der Waals surface area contributed by atoms with E-state index < -0.39 is 26.5 Å². The van der Waals surface area contributed by atoms with Gasteiger partial charge >= 0.3 is 19.8 Å². The van der Waals surface area contributed by atoms with E-state index in [0.717, 1.165) is 57.8 Å². The number of esters is 2. The minimum atomic E-state index is -4.37. The predicted octanol–water partition coefficient (Wildman–Crippen LogP) is 11.6. The number of phosphoric ester groups is 1. The third-order valence-corrected chi connectivity index (χ3v) is 9.79. The maximum absolute atomic E-state index is 12.6. The maximum Gasteiger partial charge on any atom is 0.472 e. The highest BCUT2D eigenvalue weighted by atomic mass is 31.2. The zero-order valence-electron chi connectivity index (χ0n) is 32.8. The summed E-state index contributed by atoms with van der Waals surface area (Å²) < 4.78 is 32.7. The second kappa shape index (κ2) is 38.2. The van der Waals surface area contributed by atoms with Crippen molar-refractivity contribution in [2.75, 3.05) is 26.4 Å². The van der Waals surface area contributed by atoms with E-state index in [4.69, 9.17) is 24.3 Å². The summed E-state index contributed by atoms with van der Waals surface area (Å²) in [6.07, 6.45) is 39.1. The van der Waals surface area contributed by atoms with Gasteiger partial charge in [-0.2, -0.15) is 0 Å². The lowest BCUT2D eigenvalue weighted by molar-refractivity contribution is -0.161. The molecule has 0 saturated heterocycles. The van der Waals surface area contributed by atoms with Gasteiger partial charge < -0.3 is 20.1 Å². The first-order chi connectivity index (χ1) is 24.8. The number of hydrogen-bond donors (Lipinski definition) is 2. The van der Waals surface area contributed by atoms with E-state index in [0.29, 0.717) is 6.42 Å². The standard InChI is InChI=1S/C41H78NO8P/c1-3-5-7-9-11-13-15-17-19-21-23-25-27-29-31-33-40(43)47-37-39(38-49-51(45,46)48-36-35-42)50-41(44)34-32-30-28-26-24-22-20-18-16-14-12-10-8-6-4-2/h13-16,39H,3-12,17-38,42H2,1-2H3,(H,45,46)/t39-/m1/s1. The van der Waals surface area contributed by atoms with Crippen LogP contribution in [0.2, 0.25) is 0 Å². The van der Waals surface area contributed by atoms with Crippen LogP contribution in [0.15, 0.2) is 24.3 Å². The van der Waals surface area contributed by atoms with E-state index in [1.807, 2.05) is 0 Å². The summed E-state index contributed by atoms with van der Waals surface area (Å²) in [4.78, 5) is 34.8. The van der Waals surface area contributed by atoms with Crippen LogP contribution >= 0.6 is 7.82 Å². The molecule has 2 atom stereocenters. The van der Waals surface area contributed by atoms with Crippen molar-refractivity contribution in [3.63, 3.8) is 0 Å². The molecule has 0 aromatic rings. The third-order valence-electron chi connectivity index (χ3n) is 8.81. The van der Waals surface area contributed by atoms with Gasteiger partial charge in [0.05, 0.1) is 13.2 Å². The van der Waals surface area contributed by atoms with Gasteiger partial charge in [0.25, 0.3) is 0 Å². The summed E-state index contributed by atoms with van der Waals surface area (Å²) in [6, 6.07) is 0. The van der Waals surface area contributed by atoms with E-state index in [9.17, 15) is 19.0 Å². The van der Waals surface area contributed by atoms with Crippen LogP contribution in [0, 0.1) is 0 Å². The first-order valence-corrected chi connectivity index (χ1v) is 22.3. The lowest BCUT2D eigenvalue weighted by Crippen LogP contribution is -2.29. The van der Waals surface area contributed by atoms with Gasteiger partial charge in [-0.05, 0) is 64.2 Å². The van der Waals surface area contributed by atoms with Gasteiger partial charge in [-0.15, -0.1) is 0 Å². The molecule has 0 bridgehead atoms. The van der Waals surface area contributed by atoms with Crippen molar-refractivity contribution in [3.8, 4) is 0 Å². The van der Waals surface area contributed by atoms with Crippen molar-refractivity contribution in [2.24, 2.45) is 5.73 Å². The maximum atomic E-state index is 12.6. The fraction of sp³-hybridized carbons (Fsp3) is 0.854.